The molecule has 44 heavy (non-hydrogen) atoms. The van der Waals surface area contributed by atoms with Crippen LogP contribution in [0.2, 0.25) is 0 Å². The zero-order chi connectivity index (χ0) is 32.2. The summed E-state index contributed by atoms with van der Waals surface area (Å²) in [6.45, 7) is 7.23. The molecule has 1 aromatic carbocycles. The van der Waals surface area contributed by atoms with Crippen molar-refractivity contribution in [2.75, 3.05) is 25.4 Å². The van der Waals surface area contributed by atoms with Gasteiger partial charge < -0.3 is 26.2 Å². The van der Waals surface area contributed by atoms with Crippen molar-refractivity contribution in [1.29, 1.82) is 0 Å². The zero-order valence-corrected chi connectivity index (χ0v) is 25.4. The van der Waals surface area contributed by atoms with Gasteiger partial charge in [-0.1, -0.05) is 45.0 Å². The second kappa shape index (κ2) is 13.5. The Hall–Kier alpha value is -4.42. The summed E-state index contributed by atoms with van der Waals surface area (Å²) >= 11 is 0. The number of rotatable bonds is 11. The van der Waals surface area contributed by atoms with E-state index in [1.165, 1.54) is 22.9 Å². The molecule has 4 rings (SSSR count). The Labute approximate surface area is 255 Å². The van der Waals surface area contributed by atoms with Crippen LogP contribution in [0.15, 0.2) is 52.5 Å². The van der Waals surface area contributed by atoms with Crippen molar-refractivity contribution in [2.45, 2.75) is 59.3 Å². The highest BCUT2D eigenvalue weighted by atomic mass is 16.5. The van der Waals surface area contributed by atoms with E-state index in [9.17, 15) is 29.1 Å². The number of benzene rings is 1. The normalized spacial score (nSPS) is 19.3. The van der Waals surface area contributed by atoms with E-state index < -0.39 is 23.2 Å². The number of Topliss-reactive ketones (excluding diaryl/α,β-unsaturated/α-hetero) is 2. The molecular weight excluding hydrogens is 566 g/mol. The minimum atomic E-state index is -0.856. The number of nitrogens with two attached hydrogens (primary N) is 1. The Morgan fingerprint density at radius 1 is 1.14 bits per heavy atom. The number of hydrogen-bond donors (Lipinski definition) is 4. The highest BCUT2D eigenvalue weighted by Crippen LogP contribution is 2.36. The fraction of sp³-hybridized carbons (Fsp3) is 0.438. The molecular formula is C32H39N5O7. The lowest BCUT2D eigenvalue weighted by Crippen LogP contribution is -2.42. The third kappa shape index (κ3) is 7.03. The van der Waals surface area contributed by atoms with E-state index in [1.54, 1.807) is 45.0 Å². The first-order chi connectivity index (χ1) is 20.8. The van der Waals surface area contributed by atoms with Crippen LogP contribution in [0, 0.1) is 11.3 Å². The Morgan fingerprint density at radius 2 is 1.80 bits per heavy atom. The molecule has 0 saturated carbocycles. The van der Waals surface area contributed by atoms with Gasteiger partial charge in [0.25, 0.3) is 0 Å². The summed E-state index contributed by atoms with van der Waals surface area (Å²) in [7, 11) is 0. The molecule has 3 atom stereocenters. The lowest BCUT2D eigenvalue weighted by Gasteiger charge is -2.30. The van der Waals surface area contributed by atoms with Crippen LogP contribution in [0.4, 0.5) is 5.82 Å². The maximum absolute atomic E-state index is 13.2. The molecule has 2 aliphatic rings. The third-order valence-electron chi connectivity index (χ3n) is 8.06. The quantitative estimate of drug-likeness (QED) is 0.220. The Balaban J connectivity index is 1.28. The molecule has 3 unspecified atom stereocenters. The molecule has 1 aliphatic carbocycles. The van der Waals surface area contributed by atoms with Crippen LogP contribution in [0.1, 0.15) is 79.5 Å². The number of anilines is 1. The van der Waals surface area contributed by atoms with Gasteiger partial charge in [-0.05, 0) is 38.2 Å². The minimum absolute atomic E-state index is 0.0369. The second-order valence-electron chi connectivity index (χ2n) is 11.9. The minimum Gasteiger partial charge on any atom is -0.394 e. The number of aliphatic hydroxyl groups excluding tert-OH is 1. The number of allylic oxidation sites excluding steroid dienone is 2. The SMILES string of the molecule is CC1=C(C(C)CC(C)(C)C(=O)NCCNC(=O)/C=C/c2cn(C3CCC(CO)O3)c(=O)nc2N)C(=O)c2ccccc2C1=O. The van der Waals surface area contributed by atoms with Gasteiger partial charge in [0.1, 0.15) is 12.0 Å². The molecule has 12 heteroatoms. The number of aliphatic hydroxyl groups is 1. The van der Waals surface area contributed by atoms with E-state index in [1.807, 2.05) is 6.92 Å². The maximum Gasteiger partial charge on any atom is 0.351 e. The molecule has 2 amide bonds. The first-order valence-corrected chi connectivity index (χ1v) is 14.6. The van der Waals surface area contributed by atoms with Gasteiger partial charge >= 0.3 is 5.69 Å². The van der Waals surface area contributed by atoms with Gasteiger partial charge in [0.15, 0.2) is 11.6 Å². The average Bonchev–Trinajstić information content (AvgIpc) is 3.46. The predicted octanol–water partition coefficient (Wildman–Crippen LogP) is 2.19. The summed E-state index contributed by atoms with van der Waals surface area (Å²) < 4.78 is 6.94. The van der Waals surface area contributed by atoms with Crippen molar-refractivity contribution in [3.63, 3.8) is 0 Å². The Bertz CT molecular complexity index is 1590. The molecule has 1 saturated heterocycles. The summed E-state index contributed by atoms with van der Waals surface area (Å²) in [4.78, 5) is 67.7. The third-order valence-corrected chi connectivity index (χ3v) is 8.06. The summed E-state index contributed by atoms with van der Waals surface area (Å²) in [6, 6.07) is 6.76. The van der Waals surface area contributed by atoms with Crippen LogP contribution >= 0.6 is 0 Å². The van der Waals surface area contributed by atoms with Crippen LogP contribution in [0.25, 0.3) is 6.08 Å². The number of ketones is 2. The van der Waals surface area contributed by atoms with Gasteiger partial charge in [-0.3, -0.25) is 23.7 Å². The fourth-order valence-electron chi connectivity index (χ4n) is 5.75. The smallest absolute Gasteiger partial charge is 0.351 e. The molecule has 0 radical (unpaired) electrons. The number of nitrogens with zero attached hydrogens (tertiary/aromatic N) is 2. The van der Waals surface area contributed by atoms with E-state index >= 15 is 0 Å². The summed E-state index contributed by atoms with van der Waals surface area (Å²) in [6.07, 6.45) is 4.70. The first-order valence-electron chi connectivity index (χ1n) is 14.6. The van der Waals surface area contributed by atoms with Gasteiger partial charge in [0.2, 0.25) is 11.8 Å². The van der Waals surface area contributed by atoms with Crippen molar-refractivity contribution in [3.05, 3.63) is 74.9 Å². The lowest BCUT2D eigenvalue weighted by atomic mass is 9.74. The number of ether oxygens (including phenoxy) is 1. The summed E-state index contributed by atoms with van der Waals surface area (Å²) in [5.74, 6) is -1.42. The number of nitrogens with one attached hydrogen (secondary N) is 2. The van der Waals surface area contributed by atoms with Crippen LogP contribution in [-0.2, 0) is 14.3 Å². The number of nitrogen functional groups attached to an aromatic ring is 1. The Morgan fingerprint density at radius 3 is 2.45 bits per heavy atom. The van der Waals surface area contributed by atoms with Gasteiger partial charge in [-0.25, -0.2) is 4.79 Å². The van der Waals surface area contributed by atoms with Crippen molar-refractivity contribution in [1.82, 2.24) is 20.2 Å². The topological polar surface area (TPSA) is 183 Å². The number of aromatic nitrogens is 2. The van der Waals surface area contributed by atoms with E-state index in [2.05, 4.69) is 15.6 Å². The van der Waals surface area contributed by atoms with Crippen molar-refractivity contribution < 1.29 is 29.0 Å². The van der Waals surface area contributed by atoms with Crippen LogP contribution in [0.5, 0.6) is 0 Å². The molecule has 0 spiro atoms. The van der Waals surface area contributed by atoms with Crippen LogP contribution in [0.3, 0.4) is 0 Å². The molecule has 5 N–H and O–H groups in total. The molecule has 2 aromatic rings. The predicted molar refractivity (Wildman–Crippen MR) is 164 cm³/mol. The molecule has 1 aromatic heterocycles. The van der Waals surface area contributed by atoms with E-state index in [0.29, 0.717) is 47.1 Å². The van der Waals surface area contributed by atoms with Gasteiger partial charge in [-0.15, -0.1) is 0 Å². The summed E-state index contributed by atoms with van der Waals surface area (Å²) in [5.41, 5.74) is 6.42. The largest absolute Gasteiger partial charge is 0.394 e. The van der Waals surface area contributed by atoms with Crippen molar-refractivity contribution >= 4 is 35.3 Å². The first kappa shape index (κ1) is 32.5. The molecule has 12 nitrogen and oxygen atoms in total. The van der Waals surface area contributed by atoms with Crippen molar-refractivity contribution in [3.8, 4) is 0 Å². The fourth-order valence-corrected chi connectivity index (χ4v) is 5.75. The zero-order valence-electron chi connectivity index (χ0n) is 25.4. The lowest BCUT2D eigenvalue weighted by molar-refractivity contribution is -0.130. The van der Waals surface area contributed by atoms with Crippen LogP contribution in [-0.4, -0.2) is 63.8 Å². The second-order valence-corrected chi connectivity index (χ2v) is 11.9. The number of amides is 2. The monoisotopic (exact) mass is 605 g/mol. The molecule has 2 heterocycles. The van der Waals surface area contributed by atoms with E-state index in [4.69, 9.17) is 10.5 Å². The molecule has 1 fully saturated rings. The number of carbonyl (C=O) groups excluding carboxylic acids is 4. The molecule has 1 aliphatic heterocycles. The van der Waals surface area contributed by atoms with Crippen LogP contribution < -0.4 is 22.1 Å². The van der Waals surface area contributed by atoms with E-state index in [0.717, 1.165) is 0 Å². The molecule has 0 bridgehead atoms. The highest BCUT2D eigenvalue weighted by Gasteiger charge is 2.37. The Kier molecular flexibility index (Phi) is 9.95. The average molecular weight is 606 g/mol. The maximum atomic E-state index is 13.2. The number of hydrogen-bond acceptors (Lipinski definition) is 9. The summed E-state index contributed by atoms with van der Waals surface area (Å²) in [5, 5.41) is 14.8. The van der Waals surface area contributed by atoms with E-state index in [-0.39, 0.29) is 55.0 Å². The number of carbonyl (C=O) groups is 4. The van der Waals surface area contributed by atoms with Gasteiger partial charge in [-0.2, -0.15) is 4.98 Å². The van der Waals surface area contributed by atoms with Crippen molar-refractivity contribution in [2.24, 2.45) is 11.3 Å². The van der Waals surface area contributed by atoms with Gasteiger partial charge in [0.05, 0.1) is 12.7 Å². The van der Waals surface area contributed by atoms with Gasteiger partial charge in [0, 0.05) is 58.6 Å². The highest BCUT2D eigenvalue weighted by molar-refractivity contribution is 6.26. The number of fused-ring (bicyclic) bond motifs is 1. The standard InChI is InChI=1S/C32H39N5O7/c1-18(26-19(2)27(40)22-7-5-6-8-23(22)28(26)41)15-32(3,4)30(42)35-14-13-34-24(39)11-9-20-16-37(31(43)36-29(20)33)25-12-10-21(17-38)44-25/h5-9,11,16,18,21,25,38H,10,12-15,17H2,1-4H3,(H,34,39)(H,35,42)(H2,33,36,43)/b11-9+. The molecule has 234 valence electrons.